The molecule has 0 atom stereocenters. The summed E-state index contributed by atoms with van der Waals surface area (Å²) < 4.78 is 4.98. The highest BCUT2D eigenvalue weighted by Gasteiger charge is 1.96. The second kappa shape index (κ2) is 9.01. The average molecular weight is 172 g/mol. The van der Waals surface area contributed by atoms with Crippen molar-refractivity contribution in [3.05, 3.63) is 6.92 Å². The molecule has 73 valence electrons. The first-order valence-corrected chi connectivity index (χ1v) is 4.78. The molecule has 0 heterocycles. The Morgan fingerprint density at radius 1 is 1.17 bits per heavy atom. The van der Waals surface area contributed by atoms with E-state index in [2.05, 4.69) is 18.9 Å². The average Bonchev–Trinajstić information content (AvgIpc) is 2.06. The van der Waals surface area contributed by atoms with Gasteiger partial charge in [0.2, 0.25) is 0 Å². The van der Waals surface area contributed by atoms with E-state index in [1.807, 2.05) is 0 Å². The van der Waals surface area contributed by atoms with Crippen molar-refractivity contribution >= 4 is 0 Å². The lowest BCUT2D eigenvalue weighted by Gasteiger charge is -2.15. The van der Waals surface area contributed by atoms with Gasteiger partial charge in [-0.25, -0.2) is 0 Å². The van der Waals surface area contributed by atoms with Crippen molar-refractivity contribution < 1.29 is 4.74 Å². The van der Waals surface area contributed by atoms with Crippen molar-refractivity contribution in [2.45, 2.75) is 25.7 Å². The molecule has 0 fully saturated rings. The summed E-state index contributed by atoms with van der Waals surface area (Å²) in [6.45, 7) is 7.03. The van der Waals surface area contributed by atoms with E-state index >= 15 is 0 Å². The SMILES string of the molecule is [CH2]CCCCN(C)CCCOC. The molecule has 0 N–H and O–H groups in total. The van der Waals surface area contributed by atoms with Crippen LogP contribution in [0, 0.1) is 6.92 Å². The van der Waals surface area contributed by atoms with Crippen LogP contribution in [0.4, 0.5) is 0 Å². The minimum absolute atomic E-state index is 0.875. The normalized spacial score (nSPS) is 11.0. The molecule has 0 spiro atoms. The first-order chi connectivity index (χ1) is 5.81. The van der Waals surface area contributed by atoms with Crippen LogP contribution in [0.2, 0.25) is 0 Å². The van der Waals surface area contributed by atoms with Crippen LogP contribution in [0.25, 0.3) is 0 Å². The number of methoxy groups -OCH3 is 1. The number of rotatable bonds is 8. The van der Waals surface area contributed by atoms with E-state index < -0.39 is 0 Å². The van der Waals surface area contributed by atoms with Gasteiger partial charge in [0.05, 0.1) is 0 Å². The number of hydrogen-bond acceptors (Lipinski definition) is 2. The summed E-state index contributed by atoms with van der Waals surface area (Å²) in [6.07, 6.45) is 4.71. The molecule has 0 aromatic heterocycles. The van der Waals surface area contributed by atoms with Crippen LogP contribution in [0.15, 0.2) is 0 Å². The molecule has 0 amide bonds. The standard InChI is InChI=1S/C10H22NO/c1-4-5-6-8-11(2)9-7-10-12-3/h1,4-10H2,2-3H3. The maximum Gasteiger partial charge on any atom is 0.0474 e. The van der Waals surface area contributed by atoms with Crippen LogP contribution in [0.5, 0.6) is 0 Å². The number of unbranched alkanes of at least 4 members (excludes halogenated alkanes) is 2. The van der Waals surface area contributed by atoms with E-state index in [0.29, 0.717) is 0 Å². The van der Waals surface area contributed by atoms with E-state index in [1.165, 1.54) is 19.4 Å². The highest BCUT2D eigenvalue weighted by molar-refractivity contribution is 4.52. The van der Waals surface area contributed by atoms with E-state index in [4.69, 9.17) is 4.74 Å². The van der Waals surface area contributed by atoms with Gasteiger partial charge in [-0.15, -0.1) is 0 Å². The molecular weight excluding hydrogens is 150 g/mol. The third kappa shape index (κ3) is 8.02. The molecule has 0 aromatic rings. The summed E-state index contributed by atoms with van der Waals surface area (Å²) in [5, 5.41) is 0. The van der Waals surface area contributed by atoms with Gasteiger partial charge in [0.1, 0.15) is 0 Å². The molecule has 0 saturated heterocycles. The zero-order valence-corrected chi connectivity index (χ0v) is 8.51. The first kappa shape index (κ1) is 11.9. The summed E-state index contributed by atoms with van der Waals surface area (Å²) >= 11 is 0. The Bertz CT molecular complexity index is 75.9. The number of nitrogens with zero attached hydrogens (tertiary/aromatic N) is 1. The van der Waals surface area contributed by atoms with Gasteiger partial charge >= 0.3 is 0 Å². The van der Waals surface area contributed by atoms with Gasteiger partial charge in [-0.1, -0.05) is 19.8 Å². The number of hydrogen-bond donors (Lipinski definition) is 0. The lowest BCUT2D eigenvalue weighted by atomic mass is 10.2. The Labute approximate surface area is 76.9 Å². The molecule has 12 heavy (non-hydrogen) atoms. The molecule has 0 rings (SSSR count). The summed E-state index contributed by atoms with van der Waals surface area (Å²) in [6, 6.07) is 0. The van der Waals surface area contributed by atoms with Crippen molar-refractivity contribution in [3.8, 4) is 0 Å². The molecular formula is C10H22NO. The molecule has 0 aliphatic rings. The van der Waals surface area contributed by atoms with Gasteiger partial charge in [-0.2, -0.15) is 0 Å². The molecule has 0 unspecified atom stereocenters. The van der Waals surface area contributed by atoms with Crippen LogP contribution >= 0.6 is 0 Å². The topological polar surface area (TPSA) is 12.5 Å². The second-order valence-electron chi connectivity index (χ2n) is 3.21. The highest BCUT2D eigenvalue weighted by atomic mass is 16.5. The van der Waals surface area contributed by atoms with Crippen LogP contribution in [0.3, 0.4) is 0 Å². The molecule has 0 saturated carbocycles. The van der Waals surface area contributed by atoms with Crippen LogP contribution in [-0.2, 0) is 4.74 Å². The fourth-order valence-corrected chi connectivity index (χ4v) is 1.15. The minimum Gasteiger partial charge on any atom is -0.385 e. The Morgan fingerprint density at radius 2 is 1.83 bits per heavy atom. The zero-order chi connectivity index (χ0) is 9.23. The summed E-state index contributed by atoms with van der Waals surface area (Å²) in [4.78, 5) is 2.36. The molecule has 0 bridgehead atoms. The third-order valence-electron chi connectivity index (χ3n) is 1.93. The lowest BCUT2D eigenvalue weighted by molar-refractivity contribution is 0.179. The molecule has 2 heteroatoms. The van der Waals surface area contributed by atoms with Gasteiger partial charge < -0.3 is 9.64 Å². The third-order valence-corrected chi connectivity index (χ3v) is 1.93. The van der Waals surface area contributed by atoms with Crippen molar-refractivity contribution in [1.82, 2.24) is 4.90 Å². The van der Waals surface area contributed by atoms with Crippen LogP contribution in [-0.4, -0.2) is 38.8 Å². The van der Waals surface area contributed by atoms with Crippen molar-refractivity contribution in [2.24, 2.45) is 0 Å². The molecule has 2 nitrogen and oxygen atoms in total. The van der Waals surface area contributed by atoms with Gasteiger partial charge in [-0.3, -0.25) is 0 Å². The summed E-state index contributed by atoms with van der Waals surface area (Å²) in [5.74, 6) is 0. The fourth-order valence-electron chi connectivity index (χ4n) is 1.15. The van der Waals surface area contributed by atoms with E-state index in [-0.39, 0.29) is 0 Å². The quantitative estimate of drug-likeness (QED) is 0.519. The minimum atomic E-state index is 0.875. The fraction of sp³-hybridized carbons (Fsp3) is 0.900. The van der Waals surface area contributed by atoms with Crippen LogP contribution in [0.1, 0.15) is 25.7 Å². The zero-order valence-electron chi connectivity index (χ0n) is 8.51. The smallest absolute Gasteiger partial charge is 0.0474 e. The van der Waals surface area contributed by atoms with E-state index in [9.17, 15) is 0 Å². The van der Waals surface area contributed by atoms with Crippen molar-refractivity contribution in [2.75, 3.05) is 33.9 Å². The van der Waals surface area contributed by atoms with Gasteiger partial charge in [0, 0.05) is 20.3 Å². The Balaban J connectivity index is 3.04. The molecule has 0 aliphatic heterocycles. The van der Waals surface area contributed by atoms with E-state index in [1.54, 1.807) is 7.11 Å². The molecule has 0 aromatic carbocycles. The first-order valence-electron chi connectivity index (χ1n) is 4.78. The van der Waals surface area contributed by atoms with Crippen molar-refractivity contribution in [1.29, 1.82) is 0 Å². The molecule has 0 aliphatic carbocycles. The van der Waals surface area contributed by atoms with Gasteiger partial charge in [0.25, 0.3) is 0 Å². The monoisotopic (exact) mass is 172 g/mol. The van der Waals surface area contributed by atoms with Gasteiger partial charge in [-0.05, 0) is 26.4 Å². The lowest BCUT2D eigenvalue weighted by Crippen LogP contribution is -2.21. The number of ether oxygens (including phenoxy) is 1. The predicted octanol–water partition coefficient (Wildman–Crippen LogP) is 1.96. The summed E-state index contributed by atoms with van der Waals surface area (Å²) in [5.41, 5.74) is 0. The Kier molecular flexibility index (Phi) is 8.95. The Morgan fingerprint density at radius 3 is 2.42 bits per heavy atom. The second-order valence-corrected chi connectivity index (χ2v) is 3.21. The van der Waals surface area contributed by atoms with E-state index in [0.717, 1.165) is 26.0 Å². The predicted molar refractivity (Wildman–Crippen MR) is 53.2 cm³/mol. The maximum atomic E-state index is 4.98. The Hall–Kier alpha value is -0.0800. The highest BCUT2D eigenvalue weighted by Crippen LogP contribution is 1.96. The molecule has 1 radical (unpaired) electrons. The summed E-state index contributed by atoms with van der Waals surface area (Å²) in [7, 11) is 3.92. The maximum absolute atomic E-state index is 4.98. The largest absolute Gasteiger partial charge is 0.385 e. The van der Waals surface area contributed by atoms with Crippen LogP contribution < -0.4 is 0 Å². The van der Waals surface area contributed by atoms with Crippen molar-refractivity contribution in [3.63, 3.8) is 0 Å². The van der Waals surface area contributed by atoms with Gasteiger partial charge in [0.15, 0.2) is 0 Å².